The van der Waals surface area contributed by atoms with Crippen molar-refractivity contribution in [1.82, 2.24) is 5.32 Å². The van der Waals surface area contributed by atoms with Crippen molar-refractivity contribution in [3.05, 3.63) is 62.8 Å². The highest BCUT2D eigenvalue weighted by Crippen LogP contribution is 2.35. The van der Waals surface area contributed by atoms with Gasteiger partial charge in [0.25, 0.3) is 11.8 Å². The van der Waals surface area contributed by atoms with E-state index in [4.69, 9.17) is 28.6 Å². The third-order valence-electron chi connectivity index (χ3n) is 3.73. The summed E-state index contributed by atoms with van der Waals surface area (Å²) in [6.45, 7) is 0. The van der Waals surface area contributed by atoms with Crippen LogP contribution in [0.5, 0.6) is 5.75 Å². The summed E-state index contributed by atoms with van der Waals surface area (Å²) < 4.78 is 19.8. The Morgan fingerprint density at radius 1 is 1.30 bits per heavy atom. The van der Waals surface area contributed by atoms with Gasteiger partial charge in [-0.05, 0) is 64.1 Å². The second-order valence-corrected chi connectivity index (χ2v) is 7.08. The summed E-state index contributed by atoms with van der Waals surface area (Å²) in [5.74, 6) is -1.64. The lowest BCUT2D eigenvalue weighted by Gasteiger charge is -2.29. The molecule has 138 valence electrons. The van der Waals surface area contributed by atoms with Gasteiger partial charge in [-0.2, -0.15) is 0 Å². The van der Waals surface area contributed by atoms with Crippen LogP contribution in [-0.2, 0) is 9.59 Å². The number of hydrogen-bond donors (Lipinski definition) is 1. The molecular weight excluding hydrogens is 459 g/mol. The lowest BCUT2D eigenvalue weighted by molar-refractivity contribution is -0.122. The zero-order valence-electron chi connectivity index (χ0n) is 13.8. The number of anilines is 1. The van der Waals surface area contributed by atoms with Gasteiger partial charge < -0.3 is 4.74 Å². The Bertz CT molecular complexity index is 989. The zero-order chi connectivity index (χ0) is 19.7. The number of ether oxygens (including phenoxy) is 1. The van der Waals surface area contributed by atoms with Crippen molar-refractivity contribution in [2.75, 3.05) is 12.0 Å². The van der Waals surface area contributed by atoms with E-state index in [-0.39, 0.29) is 16.4 Å². The first-order chi connectivity index (χ1) is 12.8. The van der Waals surface area contributed by atoms with Crippen molar-refractivity contribution >= 4 is 68.4 Å². The molecule has 27 heavy (non-hydrogen) atoms. The largest absolute Gasteiger partial charge is 0.494 e. The smallest absolute Gasteiger partial charge is 0.270 e. The normalized spacial score (nSPS) is 15.9. The van der Waals surface area contributed by atoms with Gasteiger partial charge in [-0.1, -0.05) is 23.7 Å². The molecule has 0 bridgehead atoms. The molecular formula is C18H11BrClFN2O3S. The first-order valence-electron chi connectivity index (χ1n) is 7.52. The summed E-state index contributed by atoms with van der Waals surface area (Å²) in [6.07, 6.45) is 1.35. The highest BCUT2D eigenvalue weighted by atomic mass is 79.9. The number of nitrogens with one attached hydrogen (secondary N) is 1. The Morgan fingerprint density at radius 2 is 2.00 bits per heavy atom. The van der Waals surface area contributed by atoms with E-state index in [1.54, 1.807) is 18.2 Å². The Morgan fingerprint density at radius 3 is 2.63 bits per heavy atom. The molecule has 1 heterocycles. The maximum Gasteiger partial charge on any atom is 0.270 e. The van der Waals surface area contributed by atoms with Crippen LogP contribution in [0.1, 0.15) is 5.56 Å². The van der Waals surface area contributed by atoms with Gasteiger partial charge in [0.05, 0.1) is 22.3 Å². The molecule has 3 rings (SSSR count). The molecule has 5 nitrogen and oxygen atoms in total. The van der Waals surface area contributed by atoms with Crippen LogP contribution in [0, 0.1) is 5.82 Å². The van der Waals surface area contributed by atoms with Crippen LogP contribution in [0.15, 0.2) is 46.4 Å². The van der Waals surface area contributed by atoms with Crippen LogP contribution in [0.3, 0.4) is 0 Å². The van der Waals surface area contributed by atoms with Crippen molar-refractivity contribution < 1.29 is 18.7 Å². The predicted octanol–water partition coefficient (Wildman–Crippen LogP) is 4.08. The maximum atomic E-state index is 14.1. The Kier molecular flexibility index (Phi) is 5.59. The van der Waals surface area contributed by atoms with Gasteiger partial charge in [0.15, 0.2) is 10.9 Å². The van der Waals surface area contributed by atoms with E-state index < -0.39 is 17.6 Å². The number of rotatable bonds is 3. The number of amides is 2. The number of carbonyl (C=O) groups is 2. The number of nitrogens with zero attached hydrogens (tertiary/aromatic N) is 1. The van der Waals surface area contributed by atoms with Gasteiger partial charge in [0.1, 0.15) is 11.4 Å². The topological polar surface area (TPSA) is 58.6 Å². The van der Waals surface area contributed by atoms with E-state index in [1.165, 1.54) is 31.4 Å². The van der Waals surface area contributed by atoms with Crippen LogP contribution in [0.4, 0.5) is 10.1 Å². The first kappa shape index (κ1) is 19.5. The molecule has 2 amide bonds. The van der Waals surface area contributed by atoms with E-state index in [0.29, 0.717) is 20.8 Å². The first-order valence-corrected chi connectivity index (χ1v) is 9.10. The fraction of sp³-hybridized carbons (Fsp3) is 0.0556. The highest BCUT2D eigenvalue weighted by Gasteiger charge is 2.35. The minimum absolute atomic E-state index is 0.0488. The van der Waals surface area contributed by atoms with Crippen LogP contribution in [-0.4, -0.2) is 24.0 Å². The monoisotopic (exact) mass is 468 g/mol. The number of carbonyl (C=O) groups excluding carboxylic acids is 2. The van der Waals surface area contributed by atoms with Crippen molar-refractivity contribution in [3.8, 4) is 5.75 Å². The standard InChI is InChI=1S/C18H11BrClFN2O3S/c1-26-15-11(19)7-9(8-12(15)20)6-10-16(24)22-18(27)23(17(10)25)14-5-3-2-4-13(14)21/h2-8H,1H3,(H,22,24,27)/b10-6+. The molecule has 1 fully saturated rings. The maximum absolute atomic E-state index is 14.1. The molecule has 0 radical (unpaired) electrons. The third kappa shape index (κ3) is 3.73. The fourth-order valence-electron chi connectivity index (χ4n) is 2.53. The molecule has 1 saturated heterocycles. The third-order valence-corrected chi connectivity index (χ3v) is 4.89. The van der Waals surface area contributed by atoms with Crippen molar-refractivity contribution in [2.24, 2.45) is 0 Å². The number of hydrogen-bond acceptors (Lipinski definition) is 4. The molecule has 1 aliphatic rings. The quantitative estimate of drug-likeness (QED) is 0.418. The van der Waals surface area contributed by atoms with Gasteiger partial charge in [-0.15, -0.1) is 0 Å². The number of thiocarbonyl (C=S) groups is 1. The van der Waals surface area contributed by atoms with Gasteiger partial charge in [0.2, 0.25) is 0 Å². The average Bonchev–Trinajstić information content (AvgIpc) is 2.60. The SMILES string of the molecule is COc1c(Cl)cc(/C=C2\C(=O)NC(=S)N(c3ccccc3F)C2=O)cc1Br. The molecule has 2 aromatic carbocycles. The summed E-state index contributed by atoms with van der Waals surface area (Å²) in [5, 5.41) is 2.50. The van der Waals surface area contributed by atoms with Gasteiger partial charge in [0, 0.05) is 0 Å². The molecule has 1 aliphatic heterocycles. The van der Waals surface area contributed by atoms with Gasteiger partial charge in [-0.25, -0.2) is 9.29 Å². The molecule has 0 spiro atoms. The molecule has 0 atom stereocenters. The van der Waals surface area contributed by atoms with E-state index in [2.05, 4.69) is 21.2 Å². The number of para-hydroxylation sites is 1. The summed E-state index contributed by atoms with van der Waals surface area (Å²) in [6, 6.07) is 8.83. The minimum atomic E-state index is -0.739. The van der Waals surface area contributed by atoms with Crippen molar-refractivity contribution in [1.29, 1.82) is 0 Å². The minimum Gasteiger partial charge on any atom is -0.494 e. The molecule has 0 aliphatic carbocycles. The summed E-state index contributed by atoms with van der Waals surface area (Å²) in [7, 11) is 1.47. The van der Waals surface area contributed by atoms with E-state index in [1.807, 2.05) is 0 Å². The molecule has 9 heteroatoms. The zero-order valence-corrected chi connectivity index (χ0v) is 16.9. The van der Waals surface area contributed by atoms with Gasteiger partial charge in [-0.3, -0.25) is 14.9 Å². The summed E-state index contributed by atoms with van der Waals surface area (Å²) >= 11 is 14.5. The number of benzene rings is 2. The lowest BCUT2D eigenvalue weighted by atomic mass is 10.1. The average molecular weight is 470 g/mol. The molecule has 0 unspecified atom stereocenters. The second kappa shape index (κ2) is 7.75. The molecule has 0 saturated carbocycles. The van der Waals surface area contributed by atoms with E-state index in [0.717, 1.165) is 4.90 Å². The Labute approximate surface area is 172 Å². The molecule has 2 aromatic rings. The number of halogens is 3. The Balaban J connectivity index is 2.06. The van der Waals surface area contributed by atoms with Crippen LogP contribution in [0.2, 0.25) is 5.02 Å². The van der Waals surface area contributed by atoms with Crippen LogP contribution in [0.25, 0.3) is 6.08 Å². The fourth-order valence-corrected chi connectivity index (χ4v) is 3.87. The molecule has 0 aromatic heterocycles. The summed E-state index contributed by atoms with van der Waals surface area (Å²) in [4.78, 5) is 26.1. The van der Waals surface area contributed by atoms with Crippen LogP contribution >= 0.6 is 39.7 Å². The second-order valence-electron chi connectivity index (χ2n) is 5.43. The molecule has 1 N–H and O–H groups in total. The number of methoxy groups -OCH3 is 1. The van der Waals surface area contributed by atoms with Crippen molar-refractivity contribution in [2.45, 2.75) is 0 Å². The summed E-state index contributed by atoms with van der Waals surface area (Å²) in [5.41, 5.74) is 0.222. The highest BCUT2D eigenvalue weighted by molar-refractivity contribution is 9.10. The van der Waals surface area contributed by atoms with Crippen LogP contribution < -0.4 is 15.0 Å². The predicted molar refractivity (Wildman–Crippen MR) is 108 cm³/mol. The van der Waals surface area contributed by atoms with Gasteiger partial charge >= 0.3 is 0 Å². The van der Waals surface area contributed by atoms with E-state index >= 15 is 0 Å². The Hall–Kier alpha value is -2.29. The van der Waals surface area contributed by atoms with E-state index in [9.17, 15) is 14.0 Å². The lowest BCUT2D eigenvalue weighted by Crippen LogP contribution is -2.54. The van der Waals surface area contributed by atoms with Crippen molar-refractivity contribution in [3.63, 3.8) is 0 Å².